The Hall–Kier alpha value is -1.88. The molecule has 0 radical (unpaired) electrons. The summed E-state index contributed by atoms with van der Waals surface area (Å²) in [5.74, 6) is 1.27. The van der Waals surface area contributed by atoms with E-state index in [1.54, 1.807) is 0 Å². The van der Waals surface area contributed by atoms with Crippen LogP contribution in [0.5, 0.6) is 0 Å². The fourth-order valence-corrected chi connectivity index (χ4v) is 3.06. The summed E-state index contributed by atoms with van der Waals surface area (Å²) in [7, 11) is 0. The highest BCUT2D eigenvalue weighted by Crippen LogP contribution is 2.30. The zero-order valence-electron chi connectivity index (χ0n) is 10.7. The lowest BCUT2D eigenvalue weighted by atomic mass is 10.0. The minimum absolute atomic E-state index is 0.241. The van der Waals surface area contributed by atoms with Crippen molar-refractivity contribution >= 4 is 22.8 Å². The van der Waals surface area contributed by atoms with E-state index in [4.69, 9.17) is 4.98 Å². The number of anilines is 1. The molecule has 1 aromatic carbocycles. The van der Waals surface area contributed by atoms with Crippen molar-refractivity contribution in [3.8, 4) is 0 Å². The Kier molecular flexibility index (Phi) is 2.35. The van der Waals surface area contributed by atoms with E-state index in [0.717, 1.165) is 55.3 Å². The van der Waals surface area contributed by atoms with E-state index in [-0.39, 0.29) is 5.78 Å². The van der Waals surface area contributed by atoms with Gasteiger partial charge in [0.25, 0.3) is 0 Å². The van der Waals surface area contributed by atoms with Crippen LogP contribution in [-0.4, -0.2) is 41.5 Å². The molecule has 1 aromatic heterocycles. The number of piperazine rings is 1. The summed E-state index contributed by atoms with van der Waals surface area (Å²) in [6.45, 7) is 4.70. The molecule has 5 heteroatoms. The van der Waals surface area contributed by atoms with Crippen LogP contribution in [0.4, 0.5) is 5.95 Å². The molecule has 2 aliphatic rings. The molecule has 0 atom stereocenters. The van der Waals surface area contributed by atoms with E-state index >= 15 is 0 Å². The van der Waals surface area contributed by atoms with Gasteiger partial charge in [-0.1, -0.05) is 6.07 Å². The van der Waals surface area contributed by atoms with Gasteiger partial charge in [0, 0.05) is 44.7 Å². The molecule has 1 N–H and O–H groups in total. The van der Waals surface area contributed by atoms with E-state index in [1.165, 1.54) is 0 Å². The van der Waals surface area contributed by atoms with Gasteiger partial charge in [-0.25, -0.2) is 4.98 Å². The molecule has 1 saturated heterocycles. The Morgan fingerprint density at radius 3 is 2.84 bits per heavy atom. The summed E-state index contributed by atoms with van der Waals surface area (Å²) < 4.78 is 2.22. The molecule has 0 aliphatic carbocycles. The van der Waals surface area contributed by atoms with Crippen molar-refractivity contribution in [3.63, 3.8) is 0 Å². The van der Waals surface area contributed by atoms with Gasteiger partial charge >= 0.3 is 0 Å². The number of imidazole rings is 1. The second kappa shape index (κ2) is 4.06. The van der Waals surface area contributed by atoms with Crippen LogP contribution in [-0.2, 0) is 6.54 Å². The molecule has 98 valence electrons. The summed E-state index contributed by atoms with van der Waals surface area (Å²) in [4.78, 5) is 19.1. The Morgan fingerprint density at radius 1 is 1.16 bits per heavy atom. The van der Waals surface area contributed by atoms with Crippen molar-refractivity contribution in [2.75, 3.05) is 31.1 Å². The summed E-state index contributed by atoms with van der Waals surface area (Å²) in [6.07, 6.45) is 0.585. The molecular formula is C14H16N4O. The van der Waals surface area contributed by atoms with Crippen LogP contribution >= 0.6 is 0 Å². The Labute approximate surface area is 111 Å². The highest BCUT2D eigenvalue weighted by molar-refractivity contribution is 6.08. The first-order valence-corrected chi connectivity index (χ1v) is 6.83. The smallest absolute Gasteiger partial charge is 0.206 e. The maximum Gasteiger partial charge on any atom is 0.206 e. The minimum Gasteiger partial charge on any atom is -0.340 e. The first-order valence-electron chi connectivity index (χ1n) is 6.83. The Balaban J connectivity index is 1.91. The van der Waals surface area contributed by atoms with Crippen molar-refractivity contribution in [1.29, 1.82) is 0 Å². The Morgan fingerprint density at radius 2 is 2.00 bits per heavy atom. The summed E-state index contributed by atoms with van der Waals surface area (Å²) in [6, 6.07) is 5.85. The molecule has 0 amide bonds. The maximum atomic E-state index is 12.0. The van der Waals surface area contributed by atoms with Gasteiger partial charge in [-0.15, -0.1) is 0 Å². The van der Waals surface area contributed by atoms with Crippen LogP contribution in [0, 0.1) is 0 Å². The van der Waals surface area contributed by atoms with Gasteiger partial charge in [0.05, 0.1) is 11.0 Å². The summed E-state index contributed by atoms with van der Waals surface area (Å²) in [5, 5.41) is 3.36. The molecule has 19 heavy (non-hydrogen) atoms. The highest BCUT2D eigenvalue weighted by Gasteiger charge is 2.25. The van der Waals surface area contributed by atoms with Gasteiger partial charge in [-0.2, -0.15) is 0 Å². The molecule has 2 aliphatic heterocycles. The quantitative estimate of drug-likeness (QED) is 0.828. The second-order valence-electron chi connectivity index (χ2n) is 5.15. The number of para-hydroxylation sites is 1. The average molecular weight is 256 g/mol. The molecule has 5 nitrogen and oxygen atoms in total. The normalized spacial score (nSPS) is 19.2. The largest absolute Gasteiger partial charge is 0.340 e. The van der Waals surface area contributed by atoms with E-state index in [9.17, 15) is 4.79 Å². The standard InChI is InChI=1S/C14H16N4O/c19-12-4-7-18-13-10(12)2-1-3-11(13)16-14(18)17-8-5-15-6-9-17/h1-3,15H,4-9H2. The predicted octanol–water partition coefficient (Wildman–Crippen LogP) is 1.03. The van der Waals surface area contributed by atoms with Crippen LogP contribution in [0.15, 0.2) is 18.2 Å². The van der Waals surface area contributed by atoms with Crippen LogP contribution in [0.3, 0.4) is 0 Å². The molecule has 3 heterocycles. The fourth-order valence-electron chi connectivity index (χ4n) is 3.06. The number of hydrogen-bond donors (Lipinski definition) is 1. The molecular weight excluding hydrogens is 240 g/mol. The van der Waals surface area contributed by atoms with Crippen LogP contribution < -0.4 is 10.2 Å². The number of benzene rings is 1. The van der Waals surface area contributed by atoms with Crippen molar-refractivity contribution in [1.82, 2.24) is 14.9 Å². The number of carbonyl (C=O) groups excluding carboxylic acids is 1. The molecule has 0 saturated carbocycles. The zero-order chi connectivity index (χ0) is 12.8. The minimum atomic E-state index is 0.241. The topological polar surface area (TPSA) is 50.2 Å². The van der Waals surface area contributed by atoms with Crippen LogP contribution in [0.1, 0.15) is 16.8 Å². The van der Waals surface area contributed by atoms with E-state index in [1.807, 2.05) is 18.2 Å². The maximum absolute atomic E-state index is 12.0. The second-order valence-corrected chi connectivity index (χ2v) is 5.15. The third-order valence-corrected chi connectivity index (χ3v) is 4.01. The van der Waals surface area contributed by atoms with E-state index in [0.29, 0.717) is 6.42 Å². The van der Waals surface area contributed by atoms with Gasteiger partial charge in [0.1, 0.15) is 0 Å². The van der Waals surface area contributed by atoms with E-state index < -0.39 is 0 Å². The molecule has 1 fully saturated rings. The number of nitrogens with zero attached hydrogens (tertiary/aromatic N) is 3. The lowest BCUT2D eigenvalue weighted by Gasteiger charge is -2.29. The average Bonchev–Trinajstić information content (AvgIpc) is 2.84. The fraction of sp³-hybridized carbons (Fsp3) is 0.429. The monoisotopic (exact) mass is 256 g/mol. The number of nitrogens with one attached hydrogen (secondary N) is 1. The number of Topliss-reactive ketones (excluding diaryl/α,β-unsaturated/α-hetero) is 1. The zero-order valence-corrected chi connectivity index (χ0v) is 10.7. The number of aryl methyl sites for hydroxylation is 1. The van der Waals surface area contributed by atoms with E-state index in [2.05, 4.69) is 14.8 Å². The van der Waals surface area contributed by atoms with Crippen molar-refractivity contribution in [2.24, 2.45) is 0 Å². The molecule has 0 spiro atoms. The molecule has 4 rings (SSSR count). The number of aromatic nitrogens is 2. The van der Waals surface area contributed by atoms with Gasteiger partial charge in [-0.05, 0) is 12.1 Å². The van der Waals surface area contributed by atoms with Crippen LogP contribution in [0.25, 0.3) is 11.0 Å². The third-order valence-electron chi connectivity index (χ3n) is 4.01. The third kappa shape index (κ3) is 1.58. The van der Waals surface area contributed by atoms with Gasteiger partial charge in [0.15, 0.2) is 5.78 Å². The first kappa shape index (κ1) is 11.0. The predicted molar refractivity (Wildman–Crippen MR) is 73.8 cm³/mol. The molecule has 2 aromatic rings. The molecule has 0 unspecified atom stereocenters. The number of ketones is 1. The lowest BCUT2D eigenvalue weighted by Crippen LogP contribution is -2.44. The first-order chi connectivity index (χ1) is 9.34. The van der Waals surface area contributed by atoms with Crippen LogP contribution in [0.2, 0.25) is 0 Å². The van der Waals surface area contributed by atoms with Crippen molar-refractivity contribution in [2.45, 2.75) is 13.0 Å². The summed E-state index contributed by atoms with van der Waals surface area (Å²) in [5.41, 5.74) is 2.80. The van der Waals surface area contributed by atoms with Crippen molar-refractivity contribution < 1.29 is 4.79 Å². The molecule has 0 bridgehead atoms. The highest BCUT2D eigenvalue weighted by atomic mass is 16.1. The summed E-state index contributed by atoms with van der Waals surface area (Å²) >= 11 is 0. The Bertz CT molecular complexity index is 655. The van der Waals surface area contributed by atoms with Crippen molar-refractivity contribution in [3.05, 3.63) is 23.8 Å². The SMILES string of the molecule is O=C1CCn2c(N3CCNCC3)nc3cccc1c32. The number of rotatable bonds is 1. The van der Waals surface area contributed by atoms with Gasteiger partial charge in [0.2, 0.25) is 5.95 Å². The lowest BCUT2D eigenvalue weighted by molar-refractivity contribution is 0.0973. The number of hydrogen-bond acceptors (Lipinski definition) is 4. The van der Waals surface area contributed by atoms with Gasteiger partial charge < -0.3 is 14.8 Å². The number of carbonyl (C=O) groups is 1. The van der Waals surface area contributed by atoms with Gasteiger partial charge in [-0.3, -0.25) is 4.79 Å².